The maximum Gasteiger partial charge on any atom is 0.325 e. The van der Waals surface area contributed by atoms with E-state index < -0.39 is 17.5 Å². The quantitative estimate of drug-likeness (QED) is 0.803. The molecule has 0 unspecified atom stereocenters. The third-order valence-electron chi connectivity index (χ3n) is 5.08. The fourth-order valence-corrected chi connectivity index (χ4v) is 3.62. The summed E-state index contributed by atoms with van der Waals surface area (Å²) in [6, 6.07) is 2.65. The minimum absolute atomic E-state index is 0.300. The van der Waals surface area contributed by atoms with Gasteiger partial charge in [-0.15, -0.1) is 0 Å². The number of urea groups is 1. The summed E-state index contributed by atoms with van der Waals surface area (Å²) in [6.45, 7) is 1.81. The summed E-state index contributed by atoms with van der Waals surface area (Å²) < 4.78 is 0. The van der Waals surface area contributed by atoms with E-state index in [1.165, 1.54) is 6.20 Å². The van der Waals surface area contributed by atoms with Gasteiger partial charge < -0.3 is 10.6 Å². The fraction of sp³-hybridized carbons (Fsp3) is 0.529. The molecule has 8 heteroatoms. The van der Waals surface area contributed by atoms with Crippen molar-refractivity contribution in [2.24, 2.45) is 5.92 Å². The topological polar surface area (TPSA) is 91.4 Å². The van der Waals surface area contributed by atoms with Crippen LogP contribution in [0.2, 0.25) is 5.02 Å². The van der Waals surface area contributed by atoms with Crippen LogP contribution < -0.4 is 10.6 Å². The van der Waals surface area contributed by atoms with Gasteiger partial charge in [0.15, 0.2) is 0 Å². The molecule has 0 aromatic carbocycles. The number of imide groups is 1. The van der Waals surface area contributed by atoms with Crippen molar-refractivity contribution in [3.63, 3.8) is 0 Å². The molecule has 1 aromatic rings. The van der Waals surface area contributed by atoms with Crippen molar-refractivity contribution < 1.29 is 14.4 Å². The highest BCUT2D eigenvalue weighted by Gasteiger charge is 2.52. The molecular formula is C17H21ClN4O3. The summed E-state index contributed by atoms with van der Waals surface area (Å²) in [5.41, 5.74) is -0.832. The van der Waals surface area contributed by atoms with Crippen LogP contribution in [-0.2, 0) is 9.59 Å². The Labute approximate surface area is 151 Å². The standard InChI is InChI=1S/C17H21ClN4O3/c1-2-11-5-7-17(8-6-11)15(24)22(16(25)21-17)10-14(23)20-13-4-3-12(18)9-19-13/h3-4,9,11H,2,5-8,10H2,1H3,(H,21,25)(H,19,20,23). The lowest BCUT2D eigenvalue weighted by atomic mass is 9.75. The van der Waals surface area contributed by atoms with Crippen molar-refractivity contribution >= 4 is 35.3 Å². The van der Waals surface area contributed by atoms with E-state index in [9.17, 15) is 14.4 Å². The SMILES string of the molecule is CCC1CCC2(CC1)NC(=O)N(CC(=O)Nc1ccc(Cl)cn1)C2=O. The predicted molar refractivity (Wildman–Crippen MR) is 93.1 cm³/mol. The van der Waals surface area contributed by atoms with Crippen molar-refractivity contribution in [3.8, 4) is 0 Å². The average Bonchev–Trinajstić information content (AvgIpc) is 2.82. The number of carbonyl (C=O) groups excluding carboxylic acids is 3. The molecule has 1 aromatic heterocycles. The van der Waals surface area contributed by atoms with Gasteiger partial charge in [0.2, 0.25) is 5.91 Å². The van der Waals surface area contributed by atoms with Crippen molar-refractivity contribution in [1.82, 2.24) is 15.2 Å². The van der Waals surface area contributed by atoms with Crippen LogP contribution in [0.5, 0.6) is 0 Å². The number of rotatable bonds is 4. The van der Waals surface area contributed by atoms with Crippen LogP contribution in [-0.4, -0.2) is 39.8 Å². The van der Waals surface area contributed by atoms with Gasteiger partial charge in [0, 0.05) is 6.20 Å². The number of anilines is 1. The lowest BCUT2D eigenvalue weighted by Crippen LogP contribution is -2.49. The molecule has 25 heavy (non-hydrogen) atoms. The molecule has 1 aliphatic carbocycles. The Morgan fingerprint density at radius 2 is 2.12 bits per heavy atom. The number of nitrogens with zero attached hydrogens (tertiary/aromatic N) is 2. The molecule has 2 N–H and O–H groups in total. The summed E-state index contributed by atoms with van der Waals surface area (Å²) in [4.78, 5) is 42.1. The van der Waals surface area contributed by atoms with Crippen LogP contribution in [0.3, 0.4) is 0 Å². The largest absolute Gasteiger partial charge is 0.325 e. The minimum Gasteiger partial charge on any atom is -0.323 e. The molecule has 134 valence electrons. The molecular weight excluding hydrogens is 344 g/mol. The number of hydrogen-bond donors (Lipinski definition) is 2. The number of carbonyl (C=O) groups is 3. The maximum absolute atomic E-state index is 12.7. The van der Waals surface area contributed by atoms with Gasteiger partial charge in [-0.2, -0.15) is 0 Å². The number of halogens is 1. The second kappa shape index (κ2) is 7.00. The molecule has 0 atom stereocenters. The number of nitrogens with one attached hydrogen (secondary N) is 2. The van der Waals surface area contributed by atoms with Gasteiger partial charge >= 0.3 is 6.03 Å². The molecule has 2 heterocycles. The molecule has 1 saturated carbocycles. The van der Waals surface area contributed by atoms with Crippen LogP contribution in [0.4, 0.5) is 10.6 Å². The Hall–Kier alpha value is -2.15. The smallest absolute Gasteiger partial charge is 0.323 e. The van der Waals surface area contributed by atoms with Gasteiger partial charge in [0.25, 0.3) is 5.91 Å². The van der Waals surface area contributed by atoms with Gasteiger partial charge in [-0.1, -0.05) is 24.9 Å². The van der Waals surface area contributed by atoms with Crippen molar-refractivity contribution in [3.05, 3.63) is 23.4 Å². The van der Waals surface area contributed by atoms with Crippen LogP contribution in [0.25, 0.3) is 0 Å². The number of pyridine rings is 1. The van der Waals surface area contributed by atoms with Gasteiger partial charge in [0.1, 0.15) is 17.9 Å². The first-order valence-electron chi connectivity index (χ1n) is 8.49. The third kappa shape index (κ3) is 3.61. The highest BCUT2D eigenvalue weighted by Crippen LogP contribution is 2.37. The highest BCUT2D eigenvalue weighted by molar-refractivity contribution is 6.30. The number of amides is 4. The van der Waals surface area contributed by atoms with Gasteiger partial charge in [-0.05, 0) is 43.7 Å². The van der Waals surface area contributed by atoms with Gasteiger partial charge in [-0.3, -0.25) is 14.5 Å². The summed E-state index contributed by atoms with van der Waals surface area (Å²) in [7, 11) is 0. The van der Waals surface area contributed by atoms with E-state index in [0.717, 1.165) is 24.2 Å². The number of aromatic nitrogens is 1. The zero-order chi connectivity index (χ0) is 18.0. The van der Waals surface area contributed by atoms with E-state index in [0.29, 0.717) is 29.6 Å². The van der Waals surface area contributed by atoms with E-state index in [1.54, 1.807) is 12.1 Å². The molecule has 7 nitrogen and oxygen atoms in total. The third-order valence-corrected chi connectivity index (χ3v) is 5.30. The first-order chi connectivity index (χ1) is 11.9. The lowest BCUT2D eigenvalue weighted by molar-refractivity contribution is -0.135. The Balaban J connectivity index is 1.63. The average molecular weight is 365 g/mol. The Kier molecular flexibility index (Phi) is 4.94. The molecule has 1 aliphatic heterocycles. The highest BCUT2D eigenvalue weighted by atomic mass is 35.5. The molecule has 4 amide bonds. The molecule has 3 rings (SSSR count). The fourth-order valence-electron chi connectivity index (χ4n) is 3.51. The molecule has 0 bridgehead atoms. The van der Waals surface area contributed by atoms with Gasteiger partial charge in [-0.25, -0.2) is 9.78 Å². The van der Waals surface area contributed by atoms with Crippen LogP contribution >= 0.6 is 11.6 Å². The van der Waals surface area contributed by atoms with E-state index >= 15 is 0 Å². The van der Waals surface area contributed by atoms with E-state index in [2.05, 4.69) is 22.5 Å². The Bertz CT molecular complexity index is 684. The normalized spacial score (nSPS) is 26.0. The second-order valence-electron chi connectivity index (χ2n) is 6.67. The van der Waals surface area contributed by atoms with E-state index in [4.69, 9.17) is 11.6 Å². The van der Waals surface area contributed by atoms with Crippen molar-refractivity contribution in [2.45, 2.75) is 44.6 Å². The Morgan fingerprint density at radius 3 is 2.72 bits per heavy atom. The van der Waals surface area contributed by atoms with E-state index in [1.807, 2.05) is 0 Å². The summed E-state index contributed by atoms with van der Waals surface area (Å²) in [5, 5.41) is 5.83. The number of hydrogen-bond acceptors (Lipinski definition) is 4. The summed E-state index contributed by atoms with van der Waals surface area (Å²) >= 11 is 5.75. The second-order valence-corrected chi connectivity index (χ2v) is 7.10. The molecule has 2 fully saturated rings. The van der Waals surface area contributed by atoms with Crippen molar-refractivity contribution in [2.75, 3.05) is 11.9 Å². The molecule has 0 radical (unpaired) electrons. The molecule has 1 saturated heterocycles. The lowest BCUT2D eigenvalue weighted by Gasteiger charge is -2.34. The first kappa shape index (κ1) is 17.7. The maximum atomic E-state index is 12.7. The zero-order valence-electron chi connectivity index (χ0n) is 14.0. The molecule has 1 spiro atoms. The Morgan fingerprint density at radius 1 is 1.40 bits per heavy atom. The van der Waals surface area contributed by atoms with Crippen molar-refractivity contribution in [1.29, 1.82) is 0 Å². The van der Waals surface area contributed by atoms with Crippen LogP contribution in [0.15, 0.2) is 18.3 Å². The van der Waals surface area contributed by atoms with Crippen LogP contribution in [0, 0.1) is 5.92 Å². The van der Waals surface area contributed by atoms with Crippen LogP contribution in [0.1, 0.15) is 39.0 Å². The molecule has 2 aliphatic rings. The minimum atomic E-state index is -0.832. The first-order valence-corrected chi connectivity index (χ1v) is 8.87. The summed E-state index contributed by atoms with van der Waals surface area (Å²) in [5.74, 6) is 0.146. The predicted octanol–water partition coefficient (Wildman–Crippen LogP) is 2.56. The van der Waals surface area contributed by atoms with E-state index in [-0.39, 0.29) is 12.5 Å². The summed E-state index contributed by atoms with van der Waals surface area (Å²) in [6.07, 6.45) is 5.58. The monoisotopic (exact) mass is 364 g/mol. The zero-order valence-corrected chi connectivity index (χ0v) is 14.8. The van der Waals surface area contributed by atoms with Gasteiger partial charge in [0.05, 0.1) is 5.02 Å².